The molecule has 1 atom stereocenters. The molecule has 2 N–H and O–H groups in total. The van der Waals surface area contributed by atoms with E-state index in [0.29, 0.717) is 6.42 Å². The summed E-state index contributed by atoms with van der Waals surface area (Å²) < 4.78 is 27.4. The van der Waals surface area contributed by atoms with Gasteiger partial charge in [0.05, 0.1) is 11.0 Å². The SMILES string of the molecule is Cc1ccc(S(=O)(=O)NCC(O)Cc2ccccc2)cc1N(C)C. The quantitative estimate of drug-likeness (QED) is 0.802. The smallest absolute Gasteiger partial charge is 0.240 e. The molecule has 0 saturated heterocycles. The van der Waals surface area contributed by atoms with E-state index >= 15 is 0 Å². The maximum atomic E-state index is 12.4. The van der Waals surface area contributed by atoms with Gasteiger partial charge in [-0.25, -0.2) is 13.1 Å². The van der Waals surface area contributed by atoms with Crippen molar-refractivity contribution in [3.63, 3.8) is 0 Å². The van der Waals surface area contributed by atoms with Crippen LogP contribution in [0.25, 0.3) is 0 Å². The topological polar surface area (TPSA) is 69.6 Å². The van der Waals surface area contributed by atoms with Crippen molar-refractivity contribution < 1.29 is 13.5 Å². The van der Waals surface area contributed by atoms with Crippen molar-refractivity contribution in [1.29, 1.82) is 0 Å². The van der Waals surface area contributed by atoms with Gasteiger partial charge in [-0.2, -0.15) is 0 Å². The fourth-order valence-electron chi connectivity index (χ4n) is 2.49. The number of anilines is 1. The number of rotatable bonds is 7. The second-order valence-corrected chi connectivity index (χ2v) is 7.81. The monoisotopic (exact) mass is 348 g/mol. The summed E-state index contributed by atoms with van der Waals surface area (Å²) in [6.07, 6.45) is -0.374. The van der Waals surface area contributed by atoms with Crippen LogP contribution in [0.15, 0.2) is 53.4 Å². The van der Waals surface area contributed by atoms with Gasteiger partial charge in [0, 0.05) is 26.3 Å². The molecule has 0 bridgehead atoms. The summed E-state index contributed by atoms with van der Waals surface area (Å²) in [5.74, 6) is 0. The summed E-state index contributed by atoms with van der Waals surface area (Å²) in [7, 11) is 0.0845. The first-order valence-corrected chi connectivity index (χ1v) is 9.27. The van der Waals surface area contributed by atoms with Crippen LogP contribution in [0.2, 0.25) is 0 Å². The van der Waals surface area contributed by atoms with Gasteiger partial charge in [0.25, 0.3) is 0 Å². The third-order valence-electron chi connectivity index (χ3n) is 3.80. The van der Waals surface area contributed by atoms with Crippen LogP contribution >= 0.6 is 0 Å². The first-order valence-electron chi connectivity index (χ1n) is 7.79. The number of hydrogen-bond acceptors (Lipinski definition) is 4. The molecule has 130 valence electrons. The van der Waals surface area contributed by atoms with Crippen LogP contribution in [0.1, 0.15) is 11.1 Å². The molecule has 2 rings (SSSR count). The highest BCUT2D eigenvalue weighted by Gasteiger charge is 2.17. The number of aliphatic hydroxyl groups is 1. The molecule has 0 aliphatic rings. The van der Waals surface area contributed by atoms with Crippen molar-refractivity contribution in [3.05, 3.63) is 59.7 Å². The molecule has 5 nitrogen and oxygen atoms in total. The summed E-state index contributed by atoms with van der Waals surface area (Å²) in [4.78, 5) is 2.07. The minimum Gasteiger partial charge on any atom is -0.391 e. The number of benzene rings is 2. The van der Waals surface area contributed by atoms with Crippen molar-refractivity contribution >= 4 is 15.7 Å². The van der Waals surface area contributed by atoms with E-state index in [1.165, 1.54) is 0 Å². The van der Waals surface area contributed by atoms with E-state index < -0.39 is 16.1 Å². The number of sulfonamides is 1. The molecule has 6 heteroatoms. The van der Waals surface area contributed by atoms with E-state index in [4.69, 9.17) is 0 Å². The third kappa shape index (κ3) is 4.80. The Balaban J connectivity index is 2.04. The lowest BCUT2D eigenvalue weighted by atomic mass is 10.1. The number of nitrogens with one attached hydrogen (secondary N) is 1. The zero-order chi connectivity index (χ0) is 17.7. The fraction of sp³-hybridized carbons (Fsp3) is 0.333. The van der Waals surface area contributed by atoms with Gasteiger partial charge in [-0.15, -0.1) is 0 Å². The predicted molar refractivity (Wildman–Crippen MR) is 96.8 cm³/mol. The molecule has 2 aromatic carbocycles. The van der Waals surface area contributed by atoms with E-state index in [1.807, 2.05) is 56.3 Å². The van der Waals surface area contributed by atoms with Crippen LogP contribution in [-0.2, 0) is 16.4 Å². The molecule has 0 aliphatic heterocycles. The predicted octanol–water partition coefficient (Wildman–Crippen LogP) is 1.94. The van der Waals surface area contributed by atoms with Gasteiger partial charge in [0.2, 0.25) is 10.0 Å². The van der Waals surface area contributed by atoms with E-state index in [0.717, 1.165) is 16.8 Å². The molecular weight excluding hydrogens is 324 g/mol. The summed E-state index contributed by atoms with van der Waals surface area (Å²) in [6, 6.07) is 14.5. The average Bonchev–Trinajstić information content (AvgIpc) is 2.54. The lowest BCUT2D eigenvalue weighted by Gasteiger charge is -2.17. The van der Waals surface area contributed by atoms with Crippen LogP contribution in [0.3, 0.4) is 0 Å². The zero-order valence-corrected chi connectivity index (χ0v) is 15.0. The molecular formula is C18H24N2O3S. The van der Waals surface area contributed by atoms with Crippen LogP contribution in [0, 0.1) is 6.92 Å². The Morgan fingerprint density at radius 1 is 1.12 bits per heavy atom. The van der Waals surface area contributed by atoms with E-state index in [-0.39, 0.29) is 11.4 Å². The molecule has 0 fully saturated rings. The van der Waals surface area contributed by atoms with Gasteiger partial charge in [0.15, 0.2) is 0 Å². The highest BCUT2D eigenvalue weighted by Crippen LogP contribution is 2.22. The van der Waals surface area contributed by atoms with Crippen LogP contribution in [0.5, 0.6) is 0 Å². The Morgan fingerprint density at radius 2 is 1.79 bits per heavy atom. The summed E-state index contributed by atoms with van der Waals surface area (Å²) in [5.41, 5.74) is 2.82. The van der Waals surface area contributed by atoms with E-state index in [9.17, 15) is 13.5 Å². The normalized spacial score (nSPS) is 12.8. The molecule has 0 aliphatic carbocycles. The Labute approximate surface area is 144 Å². The first kappa shape index (κ1) is 18.4. The van der Waals surface area contributed by atoms with Gasteiger partial charge in [-0.1, -0.05) is 36.4 Å². The molecule has 1 unspecified atom stereocenters. The van der Waals surface area contributed by atoms with Crippen molar-refractivity contribution in [1.82, 2.24) is 4.72 Å². The third-order valence-corrected chi connectivity index (χ3v) is 5.22. The second kappa shape index (κ2) is 7.79. The van der Waals surface area contributed by atoms with Gasteiger partial charge in [0.1, 0.15) is 0 Å². The molecule has 0 aromatic heterocycles. The van der Waals surface area contributed by atoms with Crippen molar-refractivity contribution in [2.75, 3.05) is 25.5 Å². The highest BCUT2D eigenvalue weighted by atomic mass is 32.2. The molecule has 0 spiro atoms. The first-order chi connectivity index (χ1) is 11.3. The van der Waals surface area contributed by atoms with Crippen LogP contribution < -0.4 is 9.62 Å². The Morgan fingerprint density at radius 3 is 2.42 bits per heavy atom. The molecule has 0 radical (unpaired) electrons. The van der Waals surface area contributed by atoms with E-state index in [2.05, 4.69) is 4.72 Å². The maximum absolute atomic E-state index is 12.4. The summed E-state index contributed by atoms with van der Waals surface area (Å²) in [5, 5.41) is 10.1. The molecule has 0 amide bonds. The van der Waals surface area contributed by atoms with E-state index in [1.54, 1.807) is 18.2 Å². The molecule has 24 heavy (non-hydrogen) atoms. The molecule has 0 heterocycles. The van der Waals surface area contributed by atoms with Crippen molar-refractivity contribution in [2.24, 2.45) is 0 Å². The maximum Gasteiger partial charge on any atom is 0.240 e. The van der Waals surface area contributed by atoms with Crippen LogP contribution in [-0.4, -0.2) is 40.3 Å². The van der Waals surface area contributed by atoms with Gasteiger partial charge < -0.3 is 10.0 Å². The van der Waals surface area contributed by atoms with Gasteiger partial charge >= 0.3 is 0 Å². The Hall–Kier alpha value is -1.89. The van der Waals surface area contributed by atoms with Gasteiger partial charge in [-0.05, 0) is 36.6 Å². The Kier molecular flexibility index (Phi) is 5.99. The minimum atomic E-state index is -3.66. The standard InChI is InChI=1S/C18H24N2O3S/c1-14-9-10-17(12-18(14)20(2)3)24(22,23)19-13-16(21)11-15-7-5-4-6-8-15/h4-10,12,16,19,21H,11,13H2,1-3H3. The fourth-order valence-corrected chi connectivity index (χ4v) is 3.58. The van der Waals surface area contributed by atoms with Crippen molar-refractivity contribution in [2.45, 2.75) is 24.3 Å². The number of aryl methyl sites for hydroxylation is 1. The lowest BCUT2D eigenvalue weighted by molar-refractivity contribution is 0.179. The summed E-state index contributed by atoms with van der Waals surface area (Å²) in [6.45, 7) is 1.91. The lowest BCUT2D eigenvalue weighted by Crippen LogP contribution is -2.33. The Bertz CT molecular complexity index is 774. The molecule has 0 saturated carbocycles. The van der Waals surface area contributed by atoms with Gasteiger partial charge in [-0.3, -0.25) is 0 Å². The summed E-state index contributed by atoms with van der Waals surface area (Å²) >= 11 is 0. The minimum absolute atomic E-state index is 0.0254. The number of nitrogens with zero attached hydrogens (tertiary/aromatic N) is 1. The largest absolute Gasteiger partial charge is 0.391 e. The highest BCUT2D eigenvalue weighted by molar-refractivity contribution is 7.89. The van der Waals surface area contributed by atoms with Crippen molar-refractivity contribution in [3.8, 4) is 0 Å². The van der Waals surface area contributed by atoms with Crippen LogP contribution in [0.4, 0.5) is 5.69 Å². The zero-order valence-electron chi connectivity index (χ0n) is 14.2. The molecule has 2 aromatic rings. The second-order valence-electron chi connectivity index (χ2n) is 6.04. The average molecular weight is 348 g/mol. The number of hydrogen-bond donors (Lipinski definition) is 2. The number of aliphatic hydroxyl groups excluding tert-OH is 1.